The lowest BCUT2D eigenvalue weighted by atomic mass is 9.84. The zero-order valence-corrected chi connectivity index (χ0v) is 16.1. The van der Waals surface area contributed by atoms with E-state index in [-0.39, 0.29) is 53.8 Å². The number of nitrogens with one attached hydrogen (secondary N) is 1. The van der Waals surface area contributed by atoms with Crippen molar-refractivity contribution in [3.05, 3.63) is 0 Å². The maximum absolute atomic E-state index is 12.7. The normalized spacial score (nSPS) is 14.0. The van der Waals surface area contributed by atoms with Gasteiger partial charge in [-0.05, 0) is 18.8 Å². The van der Waals surface area contributed by atoms with Crippen LogP contribution in [0.3, 0.4) is 0 Å². The van der Waals surface area contributed by atoms with Gasteiger partial charge in [0.05, 0.1) is 6.04 Å². The number of aliphatic imine (C=N–C) groups is 1. The summed E-state index contributed by atoms with van der Waals surface area (Å²) in [7, 11) is 0. The number of carbonyl (C=O) groups excluding carboxylic acids is 2. The Morgan fingerprint density at radius 3 is 2.04 bits per heavy atom. The van der Waals surface area contributed by atoms with Crippen molar-refractivity contribution in [2.24, 2.45) is 34.2 Å². The van der Waals surface area contributed by atoms with Gasteiger partial charge in [-0.3, -0.25) is 14.6 Å². The summed E-state index contributed by atoms with van der Waals surface area (Å²) < 4.78 is 0. The van der Waals surface area contributed by atoms with Gasteiger partial charge in [0.25, 0.3) is 0 Å². The van der Waals surface area contributed by atoms with Gasteiger partial charge in [-0.2, -0.15) is 0 Å². The number of hydrogen-bond donors (Lipinski definition) is 3. The van der Waals surface area contributed by atoms with Crippen molar-refractivity contribution in [2.45, 2.75) is 72.9 Å². The van der Waals surface area contributed by atoms with E-state index in [4.69, 9.17) is 11.5 Å². The molecular weight excluding hydrogens is 304 g/mol. The van der Waals surface area contributed by atoms with Crippen molar-refractivity contribution in [1.82, 2.24) is 5.32 Å². The highest BCUT2D eigenvalue weighted by molar-refractivity contribution is 5.91. The van der Waals surface area contributed by atoms with E-state index < -0.39 is 0 Å². The van der Waals surface area contributed by atoms with Crippen molar-refractivity contribution < 1.29 is 9.59 Å². The van der Waals surface area contributed by atoms with E-state index >= 15 is 0 Å². The van der Waals surface area contributed by atoms with Gasteiger partial charge in [0.1, 0.15) is 5.78 Å². The minimum atomic E-state index is -0.262. The minimum absolute atomic E-state index is 0.0545. The molecule has 5 N–H and O–H groups in total. The van der Waals surface area contributed by atoms with E-state index in [9.17, 15) is 9.59 Å². The molecule has 6 nitrogen and oxygen atoms in total. The molecule has 0 amide bonds. The third-order valence-corrected chi connectivity index (χ3v) is 3.95. The van der Waals surface area contributed by atoms with Gasteiger partial charge in [0.15, 0.2) is 11.7 Å². The van der Waals surface area contributed by atoms with E-state index in [2.05, 4.69) is 10.3 Å². The first kappa shape index (κ1) is 22.6. The highest BCUT2D eigenvalue weighted by atomic mass is 16.1. The van der Waals surface area contributed by atoms with Gasteiger partial charge in [-0.25, -0.2) is 0 Å². The Bertz CT molecular complexity index is 427. The van der Waals surface area contributed by atoms with Crippen molar-refractivity contribution >= 4 is 17.5 Å². The molecule has 0 bridgehead atoms. The molecule has 24 heavy (non-hydrogen) atoms. The number of hydrogen-bond acceptors (Lipinski definition) is 4. The highest BCUT2D eigenvalue weighted by Crippen LogP contribution is 2.20. The summed E-state index contributed by atoms with van der Waals surface area (Å²) in [6.45, 7) is 12.3. The predicted octanol–water partition coefficient (Wildman–Crippen LogP) is 1.86. The third-order valence-electron chi connectivity index (χ3n) is 3.95. The van der Waals surface area contributed by atoms with E-state index in [1.54, 1.807) is 0 Å². The third kappa shape index (κ3) is 9.01. The van der Waals surface area contributed by atoms with Crippen LogP contribution in [-0.4, -0.2) is 36.2 Å². The zero-order chi connectivity index (χ0) is 18.9. The van der Waals surface area contributed by atoms with Crippen molar-refractivity contribution in [2.75, 3.05) is 6.54 Å². The number of nitrogens with two attached hydrogens (primary N) is 2. The Kier molecular flexibility index (Phi) is 10.5. The highest BCUT2D eigenvalue weighted by Gasteiger charge is 2.29. The molecule has 0 saturated heterocycles. The largest absolute Gasteiger partial charge is 0.370 e. The quantitative estimate of drug-likeness (QED) is 0.285. The maximum atomic E-state index is 12.7. The van der Waals surface area contributed by atoms with Crippen LogP contribution in [0.2, 0.25) is 0 Å². The average molecular weight is 341 g/mol. The molecule has 0 heterocycles. The summed E-state index contributed by atoms with van der Waals surface area (Å²) in [6.07, 6.45) is 1.60. The second kappa shape index (κ2) is 11.2. The van der Waals surface area contributed by atoms with Crippen LogP contribution in [0.1, 0.15) is 60.8 Å². The van der Waals surface area contributed by atoms with Crippen LogP contribution >= 0.6 is 0 Å². The fraction of sp³-hybridized carbons (Fsp3) is 0.833. The molecule has 0 saturated carbocycles. The van der Waals surface area contributed by atoms with Gasteiger partial charge in [-0.15, -0.1) is 0 Å². The molecule has 0 rings (SSSR count). The molecule has 0 fully saturated rings. The first-order valence-corrected chi connectivity index (χ1v) is 8.94. The van der Waals surface area contributed by atoms with E-state index in [0.29, 0.717) is 19.4 Å². The molecule has 0 aliphatic rings. The van der Waals surface area contributed by atoms with Crippen LogP contribution in [0.5, 0.6) is 0 Å². The molecular formula is C18H36N4O2. The summed E-state index contributed by atoms with van der Waals surface area (Å²) in [5.41, 5.74) is 10.6. The second-order valence-corrected chi connectivity index (χ2v) is 7.42. The van der Waals surface area contributed by atoms with Crippen LogP contribution in [0.4, 0.5) is 0 Å². The fourth-order valence-corrected chi connectivity index (χ4v) is 2.75. The number of guanidine groups is 1. The van der Waals surface area contributed by atoms with Gasteiger partial charge < -0.3 is 16.8 Å². The van der Waals surface area contributed by atoms with Gasteiger partial charge in [0, 0.05) is 30.8 Å². The molecule has 0 radical (unpaired) electrons. The monoisotopic (exact) mass is 340 g/mol. The summed E-state index contributed by atoms with van der Waals surface area (Å²) in [5, 5.41) is 3.32. The molecule has 140 valence electrons. The van der Waals surface area contributed by atoms with E-state index in [1.807, 2.05) is 41.5 Å². The lowest BCUT2D eigenvalue weighted by Crippen LogP contribution is -2.45. The first-order valence-electron chi connectivity index (χ1n) is 8.94. The van der Waals surface area contributed by atoms with Crippen LogP contribution in [-0.2, 0) is 9.59 Å². The SMILES string of the molecule is CC(C)N[C@H](C(=O)C[C@@H](CCCN=C(N)N)C(=O)C(C)C)C(C)C. The Labute approximate surface area is 146 Å². The molecule has 2 atom stereocenters. The summed E-state index contributed by atoms with van der Waals surface area (Å²) >= 11 is 0. The smallest absolute Gasteiger partial charge is 0.185 e. The first-order chi connectivity index (χ1) is 11.1. The average Bonchev–Trinajstić information content (AvgIpc) is 2.45. The van der Waals surface area contributed by atoms with Gasteiger partial charge in [0.2, 0.25) is 0 Å². The summed E-state index contributed by atoms with van der Waals surface area (Å²) in [4.78, 5) is 29.1. The number of ketones is 2. The molecule has 0 spiro atoms. The minimum Gasteiger partial charge on any atom is -0.370 e. The van der Waals surface area contributed by atoms with Crippen LogP contribution < -0.4 is 16.8 Å². The van der Waals surface area contributed by atoms with Crippen molar-refractivity contribution in [3.8, 4) is 0 Å². The molecule has 0 aromatic rings. The number of carbonyl (C=O) groups is 2. The molecule has 0 unspecified atom stereocenters. The summed E-state index contributed by atoms with van der Waals surface area (Å²) in [5.74, 6) is 0.151. The molecule has 0 aromatic carbocycles. The van der Waals surface area contributed by atoms with E-state index in [1.165, 1.54) is 0 Å². The Morgan fingerprint density at radius 1 is 1.04 bits per heavy atom. The standard InChI is InChI=1S/C18H36N4O2/c1-11(2)16(22-13(5)6)15(23)10-14(17(24)12(3)4)8-7-9-21-18(19)20/h11-14,16,22H,7-10H2,1-6H3,(H4,19,20,21)/t14-,16+/m1/s1. The molecule has 0 aromatic heterocycles. The lowest BCUT2D eigenvalue weighted by Gasteiger charge is -2.26. The summed E-state index contributed by atoms with van der Waals surface area (Å²) in [6, 6.07) is 0.00707. The predicted molar refractivity (Wildman–Crippen MR) is 99.8 cm³/mol. The van der Waals surface area contributed by atoms with Gasteiger partial charge in [-0.1, -0.05) is 41.5 Å². The number of Topliss-reactive ketones (excluding diaryl/α,β-unsaturated/α-hetero) is 2. The second-order valence-electron chi connectivity index (χ2n) is 7.42. The Balaban J connectivity index is 4.92. The van der Waals surface area contributed by atoms with Crippen LogP contribution in [0.15, 0.2) is 4.99 Å². The molecule has 6 heteroatoms. The topological polar surface area (TPSA) is 111 Å². The van der Waals surface area contributed by atoms with Crippen molar-refractivity contribution in [3.63, 3.8) is 0 Å². The number of nitrogens with zero attached hydrogens (tertiary/aromatic N) is 1. The lowest BCUT2D eigenvalue weighted by molar-refractivity contribution is -0.131. The molecule has 0 aliphatic carbocycles. The zero-order valence-electron chi connectivity index (χ0n) is 16.1. The Hall–Kier alpha value is -1.43. The van der Waals surface area contributed by atoms with Crippen LogP contribution in [0, 0.1) is 17.8 Å². The van der Waals surface area contributed by atoms with Crippen molar-refractivity contribution in [1.29, 1.82) is 0 Å². The number of rotatable bonds is 12. The van der Waals surface area contributed by atoms with E-state index in [0.717, 1.165) is 0 Å². The maximum Gasteiger partial charge on any atom is 0.185 e. The van der Waals surface area contributed by atoms with Gasteiger partial charge >= 0.3 is 0 Å². The van der Waals surface area contributed by atoms with Crippen LogP contribution in [0.25, 0.3) is 0 Å². The molecule has 0 aliphatic heterocycles. The fourth-order valence-electron chi connectivity index (χ4n) is 2.75. The Morgan fingerprint density at radius 2 is 1.62 bits per heavy atom.